The van der Waals surface area contributed by atoms with E-state index in [0.717, 1.165) is 37.9 Å². The number of carbonyl (C=O) groups is 5. The number of hydrogen-bond donors (Lipinski definition) is 4. The van der Waals surface area contributed by atoms with E-state index in [0.29, 0.717) is 58.1 Å². The van der Waals surface area contributed by atoms with Crippen molar-refractivity contribution in [1.29, 1.82) is 0 Å². The SMILES string of the molecule is CNC(=O)[C@H](CN1CCC(c2ccccc2)CC1)NC(=O)c1ccc(OC(C)C)c(Cl)c1.CNC(=O)[C@H](CN1CCC(c2ccccc2)CC1=O)NC(=O)c1ccc(OC(C)C)c(Cl)c1. The van der Waals surface area contributed by atoms with Gasteiger partial charge in [-0.2, -0.15) is 0 Å². The molecular weight excluding hydrogens is 867 g/mol. The molecule has 6 rings (SSSR count). The van der Waals surface area contributed by atoms with Crippen molar-refractivity contribution in [3.8, 4) is 11.5 Å². The summed E-state index contributed by atoms with van der Waals surface area (Å²) in [6, 6.07) is 28.6. The van der Waals surface area contributed by atoms with Gasteiger partial charge in [0.1, 0.15) is 23.6 Å². The molecule has 65 heavy (non-hydrogen) atoms. The van der Waals surface area contributed by atoms with E-state index in [1.807, 2.05) is 64.1 Å². The van der Waals surface area contributed by atoms with Crippen LogP contribution in [-0.4, -0.2) is 110 Å². The number of halogens is 2. The first-order chi connectivity index (χ1) is 31.1. The third-order valence-electron chi connectivity index (χ3n) is 11.3. The summed E-state index contributed by atoms with van der Waals surface area (Å²) in [5.74, 6) is 0.313. The lowest BCUT2D eigenvalue weighted by molar-refractivity contribution is -0.135. The second-order valence-corrected chi connectivity index (χ2v) is 17.6. The lowest BCUT2D eigenvalue weighted by Crippen LogP contribution is -2.54. The summed E-state index contributed by atoms with van der Waals surface area (Å²) in [7, 11) is 3.08. The Morgan fingerprint density at radius 2 is 1.05 bits per heavy atom. The molecule has 2 aliphatic heterocycles. The van der Waals surface area contributed by atoms with E-state index >= 15 is 0 Å². The number of ether oxygens (including phenoxy) is 2. The molecule has 0 aliphatic carbocycles. The Bertz CT molecular complexity index is 2220. The van der Waals surface area contributed by atoms with Gasteiger partial charge in [-0.1, -0.05) is 83.9 Å². The fourth-order valence-corrected chi connectivity index (χ4v) is 8.39. The van der Waals surface area contributed by atoms with Crippen molar-refractivity contribution in [2.75, 3.05) is 46.8 Å². The minimum absolute atomic E-state index is 0.0177. The summed E-state index contributed by atoms with van der Waals surface area (Å²) in [6.07, 6.45) is 3.18. The molecular formula is C50H62Cl2N6O7. The number of likely N-dealkylation sites (N-methyl/N-ethyl adjacent to an activating group) is 2. The van der Waals surface area contributed by atoms with Gasteiger partial charge in [-0.25, -0.2) is 0 Å². The topological polar surface area (TPSA) is 158 Å². The van der Waals surface area contributed by atoms with Gasteiger partial charge in [0.2, 0.25) is 17.7 Å². The highest BCUT2D eigenvalue weighted by molar-refractivity contribution is 6.32. The van der Waals surface area contributed by atoms with Gasteiger partial charge in [-0.3, -0.25) is 24.0 Å². The van der Waals surface area contributed by atoms with Crippen LogP contribution in [0.1, 0.15) is 97.1 Å². The van der Waals surface area contributed by atoms with Gasteiger partial charge in [-0.15, -0.1) is 0 Å². The number of hydrogen-bond acceptors (Lipinski definition) is 8. The summed E-state index contributed by atoms with van der Waals surface area (Å²) >= 11 is 12.5. The van der Waals surface area contributed by atoms with Crippen LogP contribution in [0.25, 0.3) is 0 Å². The number of likely N-dealkylation sites (tertiary alicyclic amines) is 2. The first-order valence-electron chi connectivity index (χ1n) is 22.2. The molecule has 2 aliphatic rings. The van der Waals surface area contributed by atoms with E-state index in [1.54, 1.807) is 42.3 Å². The molecule has 0 bridgehead atoms. The van der Waals surface area contributed by atoms with E-state index in [9.17, 15) is 24.0 Å². The first kappa shape index (κ1) is 50.4. The average molecular weight is 930 g/mol. The van der Waals surface area contributed by atoms with E-state index in [-0.39, 0.29) is 48.3 Å². The van der Waals surface area contributed by atoms with Crippen LogP contribution < -0.4 is 30.7 Å². The van der Waals surface area contributed by atoms with Crippen molar-refractivity contribution >= 4 is 52.7 Å². The number of carbonyl (C=O) groups excluding carboxylic acids is 5. The Labute approximate surface area is 392 Å². The zero-order chi connectivity index (χ0) is 47.0. The number of nitrogens with one attached hydrogen (secondary N) is 4. The summed E-state index contributed by atoms with van der Waals surface area (Å²) < 4.78 is 11.2. The van der Waals surface area contributed by atoms with Crippen LogP contribution in [0.2, 0.25) is 10.0 Å². The highest BCUT2D eigenvalue weighted by Gasteiger charge is 2.32. The van der Waals surface area contributed by atoms with Crippen LogP contribution in [0, 0.1) is 0 Å². The van der Waals surface area contributed by atoms with Crippen molar-refractivity contribution in [1.82, 2.24) is 31.1 Å². The number of rotatable bonds is 16. The maximum absolute atomic E-state index is 12.8. The standard InChI is InChI=1S/C25H30ClN3O4.C25H32ClN3O3/c1-16(2)33-22-10-9-19(13-20(22)26)24(31)28-21(25(32)27-3)15-29-12-11-18(14-23(29)30)17-7-5-4-6-8-17;1-17(2)32-23-10-9-20(15-21(23)26)24(30)28-22(25(31)27-3)16-29-13-11-19(12-14-29)18-7-5-4-6-8-18/h4-10,13,16,18,21H,11-12,14-15H2,1-3H3,(H,27,32)(H,28,31);4-10,15,17,19,22H,11-14,16H2,1-3H3,(H,27,31)(H,28,30)/t18?,21-;22-/m00/s1. The maximum atomic E-state index is 12.8. The van der Waals surface area contributed by atoms with Crippen molar-refractivity contribution in [2.45, 2.75) is 89.5 Å². The number of nitrogens with zero attached hydrogens (tertiary/aromatic N) is 2. The Kier molecular flexibility index (Phi) is 19.1. The molecule has 2 fully saturated rings. The normalized spacial score (nSPS) is 16.4. The van der Waals surface area contributed by atoms with Gasteiger partial charge in [-0.05, 0) is 119 Å². The van der Waals surface area contributed by atoms with Crippen LogP contribution >= 0.6 is 23.2 Å². The third kappa shape index (κ3) is 15.0. The van der Waals surface area contributed by atoms with Gasteiger partial charge >= 0.3 is 0 Å². The third-order valence-corrected chi connectivity index (χ3v) is 11.9. The van der Waals surface area contributed by atoms with Crippen LogP contribution in [0.15, 0.2) is 97.1 Å². The van der Waals surface area contributed by atoms with Crippen molar-refractivity contribution < 1.29 is 33.4 Å². The monoisotopic (exact) mass is 928 g/mol. The molecule has 4 aromatic carbocycles. The van der Waals surface area contributed by atoms with E-state index in [4.69, 9.17) is 32.7 Å². The number of amides is 5. The molecule has 0 aromatic heterocycles. The molecule has 2 heterocycles. The molecule has 0 radical (unpaired) electrons. The van der Waals surface area contributed by atoms with Crippen LogP contribution in [0.5, 0.6) is 11.5 Å². The Morgan fingerprint density at radius 1 is 0.615 bits per heavy atom. The van der Waals surface area contributed by atoms with Gasteiger partial charge < -0.3 is 40.5 Å². The molecule has 15 heteroatoms. The lowest BCUT2D eigenvalue weighted by Gasteiger charge is -2.34. The zero-order valence-corrected chi connectivity index (χ0v) is 39.6. The van der Waals surface area contributed by atoms with Crippen molar-refractivity contribution in [3.05, 3.63) is 129 Å². The second-order valence-electron chi connectivity index (χ2n) is 16.8. The predicted molar refractivity (Wildman–Crippen MR) is 255 cm³/mol. The fraction of sp³-hybridized carbons (Fsp3) is 0.420. The van der Waals surface area contributed by atoms with Crippen LogP contribution in [0.3, 0.4) is 0 Å². The second kappa shape index (κ2) is 24.6. The van der Waals surface area contributed by atoms with Crippen molar-refractivity contribution in [2.24, 2.45) is 0 Å². The molecule has 13 nitrogen and oxygen atoms in total. The highest BCUT2D eigenvalue weighted by Crippen LogP contribution is 2.31. The molecule has 0 spiro atoms. The van der Waals surface area contributed by atoms with Crippen molar-refractivity contribution in [3.63, 3.8) is 0 Å². The number of benzene rings is 4. The Morgan fingerprint density at radius 3 is 1.46 bits per heavy atom. The Hall–Kier alpha value is -5.63. The van der Waals surface area contributed by atoms with Gasteiger partial charge in [0, 0.05) is 51.3 Å². The largest absolute Gasteiger partial charge is 0.489 e. The first-order valence-corrected chi connectivity index (χ1v) is 23.0. The van der Waals surface area contributed by atoms with E-state index < -0.39 is 18.0 Å². The van der Waals surface area contributed by atoms with Gasteiger partial charge in [0.25, 0.3) is 11.8 Å². The lowest BCUT2D eigenvalue weighted by atomic mass is 9.89. The minimum Gasteiger partial charge on any atom is -0.489 e. The molecule has 4 aromatic rings. The van der Waals surface area contributed by atoms with E-state index in [1.165, 1.54) is 18.7 Å². The Balaban J connectivity index is 0.000000244. The summed E-state index contributed by atoms with van der Waals surface area (Å²) in [4.78, 5) is 67.3. The molecule has 1 unspecified atom stereocenters. The molecule has 4 N–H and O–H groups in total. The van der Waals surface area contributed by atoms with Gasteiger partial charge in [0.05, 0.1) is 22.3 Å². The van der Waals surface area contributed by atoms with Gasteiger partial charge in [0.15, 0.2) is 0 Å². The van der Waals surface area contributed by atoms with E-state index in [2.05, 4.69) is 50.4 Å². The molecule has 0 saturated carbocycles. The fourth-order valence-electron chi connectivity index (χ4n) is 7.94. The maximum Gasteiger partial charge on any atom is 0.252 e. The number of piperidine rings is 2. The molecule has 2 saturated heterocycles. The predicted octanol–water partition coefficient (Wildman–Crippen LogP) is 7.23. The summed E-state index contributed by atoms with van der Waals surface area (Å²) in [6.45, 7) is 10.5. The highest BCUT2D eigenvalue weighted by atomic mass is 35.5. The molecule has 5 amide bonds. The summed E-state index contributed by atoms with van der Waals surface area (Å²) in [5.41, 5.74) is 3.20. The zero-order valence-electron chi connectivity index (χ0n) is 38.1. The van der Waals surface area contributed by atoms with Crippen LogP contribution in [0.4, 0.5) is 0 Å². The van der Waals surface area contributed by atoms with Crippen LogP contribution in [-0.2, 0) is 14.4 Å². The quantitative estimate of drug-likeness (QED) is 0.0917. The molecule has 3 atom stereocenters. The minimum atomic E-state index is -0.884. The molecule has 348 valence electrons. The average Bonchev–Trinajstić information content (AvgIpc) is 3.30. The summed E-state index contributed by atoms with van der Waals surface area (Å²) in [5, 5.41) is 11.5. The smallest absolute Gasteiger partial charge is 0.252 e.